The van der Waals surface area contributed by atoms with Gasteiger partial charge in [0.1, 0.15) is 11.1 Å². The van der Waals surface area contributed by atoms with Gasteiger partial charge in [-0.15, -0.1) is 11.3 Å². The smallest absolute Gasteiger partial charge is 0.112 e. The van der Waals surface area contributed by atoms with Crippen LogP contribution in [-0.4, -0.2) is 4.98 Å². The minimum atomic E-state index is 0.671. The number of aryl methyl sites for hydroxylation is 2. The number of hydrogen-bond acceptors (Lipinski definition) is 4. The first-order valence-electron chi connectivity index (χ1n) is 5.91. The maximum atomic E-state index is 9.08. The number of rotatable bonds is 4. The van der Waals surface area contributed by atoms with E-state index < -0.39 is 0 Å². The Kier molecular flexibility index (Phi) is 3.96. The van der Waals surface area contributed by atoms with Crippen molar-refractivity contribution in [1.29, 1.82) is 5.26 Å². The molecule has 0 saturated carbocycles. The highest BCUT2D eigenvalue weighted by Crippen LogP contribution is 2.21. The molecule has 4 heteroatoms. The molecule has 0 fully saturated rings. The number of anilines is 1. The molecule has 18 heavy (non-hydrogen) atoms. The molecule has 92 valence electrons. The Morgan fingerprint density at radius 1 is 1.44 bits per heavy atom. The van der Waals surface area contributed by atoms with Gasteiger partial charge in [-0.3, -0.25) is 0 Å². The molecule has 1 aromatic heterocycles. The van der Waals surface area contributed by atoms with Crippen LogP contribution in [0.2, 0.25) is 0 Å². The molecule has 0 bridgehead atoms. The highest BCUT2D eigenvalue weighted by molar-refractivity contribution is 7.11. The normalized spacial score (nSPS) is 10.1. The van der Waals surface area contributed by atoms with Gasteiger partial charge in [0.15, 0.2) is 0 Å². The second-order valence-electron chi connectivity index (χ2n) is 4.04. The van der Waals surface area contributed by atoms with Gasteiger partial charge in [-0.05, 0) is 25.0 Å². The van der Waals surface area contributed by atoms with Gasteiger partial charge in [-0.25, -0.2) is 4.98 Å². The average molecular weight is 257 g/mol. The summed E-state index contributed by atoms with van der Waals surface area (Å²) in [6.07, 6.45) is 2.94. The van der Waals surface area contributed by atoms with E-state index in [2.05, 4.69) is 23.3 Å². The molecule has 0 aliphatic carbocycles. The summed E-state index contributed by atoms with van der Waals surface area (Å²) in [5.74, 6) is 0. The number of nitriles is 1. The van der Waals surface area contributed by atoms with Gasteiger partial charge in [0.2, 0.25) is 0 Å². The number of hydrogen-bond donors (Lipinski definition) is 1. The Labute approximate surface area is 111 Å². The van der Waals surface area contributed by atoms with E-state index in [1.807, 2.05) is 31.3 Å². The van der Waals surface area contributed by atoms with Crippen LogP contribution in [0.4, 0.5) is 5.69 Å². The number of aromatic nitrogens is 1. The van der Waals surface area contributed by atoms with E-state index in [-0.39, 0.29) is 0 Å². The number of benzene rings is 1. The SMILES string of the molecule is CCc1cnc(CNc2c(C)cccc2C#N)s1. The molecule has 0 saturated heterocycles. The van der Waals surface area contributed by atoms with E-state index in [0.29, 0.717) is 12.1 Å². The maximum Gasteiger partial charge on any atom is 0.112 e. The van der Waals surface area contributed by atoms with Gasteiger partial charge in [-0.2, -0.15) is 5.26 Å². The van der Waals surface area contributed by atoms with Gasteiger partial charge in [-0.1, -0.05) is 19.1 Å². The van der Waals surface area contributed by atoms with Crippen molar-refractivity contribution in [3.63, 3.8) is 0 Å². The summed E-state index contributed by atoms with van der Waals surface area (Å²) >= 11 is 1.71. The molecule has 0 unspecified atom stereocenters. The Bertz CT molecular complexity index is 581. The molecule has 0 aliphatic rings. The third-order valence-electron chi connectivity index (χ3n) is 2.76. The zero-order valence-corrected chi connectivity index (χ0v) is 11.3. The second kappa shape index (κ2) is 5.65. The summed E-state index contributed by atoms with van der Waals surface area (Å²) < 4.78 is 0. The molecule has 0 atom stereocenters. The van der Waals surface area contributed by atoms with E-state index in [0.717, 1.165) is 22.7 Å². The molecule has 0 aliphatic heterocycles. The van der Waals surface area contributed by atoms with Crippen molar-refractivity contribution in [1.82, 2.24) is 4.98 Å². The Balaban J connectivity index is 2.13. The van der Waals surface area contributed by atoms with Gasteiger partial charge >= 0.3 is 0 Å². The molecule has 3 nitrogen and oxygen atoms in total. The molecular formula is C14H15N3S. The third kappa shape index (κ3) is 2.69. The van der Waals surface area contributed by atoms with Crippen molar-refractivity contribution in [3.8, 4) is 6.07 Å². The van der Waals surface area contributed by atoms with Crippen LogP contribution in [0.3, 0.4) is 0 Å². The monoisotopic (exact) mass is 257 g/mol. The summed E-state index contributed by atoms with van der Waals surface area (Å²) in [4.78, 5) is 5.65. The average Bonchev–Trinajstić information content (AvgIpc) is 2.85. The van der Waals surface area contributed by atoms with Crippen LogP contribution >= 0.6 is 11.3 Å². The second-order valence-corrected chi connectivity index (χ2v) is 5.24. The molecule has 1 aromatic carbocycles. The van der Waals surface area contributed by atoms with Crippen molar-refractivity contribution in [2.45, 2.75) is 26.8 Å². The van der Waals surface area contributed by atoms with Crippen LogP contribution in [0.25, 0.3) is 0 Å². The predicted octanol–water partition coefficient (Wildman–Crippen LogP) is 3.50. The van der Waals surface area contributed by atoms with Gasteiger partial charge < -0.3 is 5.32 Å². The topological polar surface area (TPSA) is 48.7 Å². The molecule has 0 spiro atoms. The zero-order valence-electron chi connectivity index (χ0n) is 10.5. The van der Waals surface area contributed by atoms with E-state index in [4.69, 9.17) is 5.26 Å². The standard InChI is InChI=1S/C14H15N3S/c1-3-12-8-16-13(18-12)9-17-14-10(2)5-4-6-11(14)7-15/h4-6,8,17H,3,9H2,1-2H3. The lowest BCUT2D eigenvalue weighted by Gasteiger charge is -2.09. The Hall–Kier alpha value is -1.86. The first kappa shape index (κ1) is 12.6. The molecule has 0 radical (unpaired) electrons. The quantitative estimate of drug-likeness (QED) is 0.912. The largest absolute Gasteiger partial charge is 0.377 e. The van der Waals surface area contributed by atoms with Crippen LogP contribution in [0.1, 0.15) is 27.9 Å². The number of para-hydroxylation sites is 1. The fraction of sp³-hybridized carbons (Fsp3) is 0.286. The van der Waals surface area contributed by atoms with Gasteiger partial charge in [0.05, 0.1) is 17.8 Å². The fourth-order valence-corrected chi connectivity index (χ4v) is 2.55. The molecule has 2 aromatic rings. The van der Waals surface area contributed by atoms with E-state index in [1.54, 1.807) is 11.3 Å². The Morgan fingerprint density at radius 3 is 2.94 bits per heavy atom. The van der Waals surface area contributed by atoms with Crippen LogP contribution in [0, 0.1) is 18.3 Å². The summed E-state index contributed by atoms with van der Waals surface area (Å²) in [5.41, 5.74) is 2.68. The lowest BCUT2D eigenvalue weighted by Crippen LogP contribution is -2.02. The minimum absolute atomic E-state index is 0.671. The lowest BCUT2D eigenvalue weighted by molar-refractivity contribution is 1.09. The number of nitrogens with zero attached hydrogens (tertiary/aromatic N) is 2. The zero-order chi connectivity index (χ0) is 13.0. The van der Waals surface area contributed by atoms with Crippen molar-refractivity contribution in [3.05, 3.63) is 45.4 Å². The lowest BCUT2D eigenvalue weighted by atomic mass is 10.1. The number of thiazole rings is 1. The predicted molar refractivity (Wildman–Crippen MR) is 74.7 cm³/mol. The number of nitrogens with one attached hydrogen (secondary N) is 1. The molecule has 1 heterocycles. The van der Waals surface area contributed by atoms with E-state index in [9.17, 15) is 0 Å². The summed E-state index contributed by atoms with van der Waals surface area (Å²) in [7, 11) is 0. The maximum absolute atomic E-state index is 9.08. The first-order chi connectivity index (χ1) is 8.74. The third-order valence-corrected chi connectivity index (χ3v) is 3.90. The van der Waals surface area contributed by atoms with Crippen LogP contribution in [-0.2, 0) is 13.0 Å². The molecule has 0 amide bonds. The van der Waals surface area contributed by atoms with Crippen molar-refractivity contribution in [2.24, 2.45) is 0 Å². The van der Waals surface area contributed by atoms with Crippen molar-refractivity contribution < 1.29 is 0 Å². The van der Waals surface area contributed by atoms with Gasteiger partial charge in [0, 0.05) is 11.1 Å². The van der Waals surface area contributed by atoms with Crippen LogP contribution in [0.5, 0.6) is 0 Å². The summed E-state index contributed by atoms with van der Waals surface area (Å²) in [5, 5.41) is 13.4. The van der Waals surface area contributed by atoms with Crippen LogP contribution in [0.15, 0.2) is 24.4 Å². The minimum Gasteiger partial charge on any atom is -0.377 e. The Morgan fingerprint density at radius 2 is 2.28 bits per heavy atom. The highest BCUT2D eigenvalue weighted by atomic mass is 32.1. The molecule has 1 N–H and O–H groups in total. The van der Waals surface area contributed by atoms with Crippen molar-refractivity contribution in [2.75, 3.05) is 5.32 Å². The summed E-state index contributed by atoms with van der Waals surface area (Å²) in [6, 6.07) is 7.94. The molecular weight excluding hydrogens is 242 g/mol. The molecule has 2 rings (SSSR count). The highest BCUT2D eigenvalue weighted by Gasteiger charge is 2.06. The summed E-state index contributed by atoms with van der Waals surface area (Å²) in [6.45, 7) is 4.80. The fourth-order valence-electron chi connectivity index (χ4n) is 1.75. The van der Waals surface area contributed by atoms with Crippen LogP contribution < -0.4 is 5.32 Å². The van der Waals surface area contributed by atoms with Crippen molar-refractivity contribution >= 4 is 17.0 Å². The van der Waals surface area contributed by atoms with E-state index >= 15 is 0 Å². The first-order valence-corrected chi connectivity index (χ1v) is 6.73. The van der Waals surface area contributed by atoms with Gasteiger partial charge in [0.25, 0.3) is 0 Å². The van der Waals surface area contributed by atoms with E-state index in [1.165, 1.54) is 4.88 Å².